The molecular weight excluding hydrogens is 915 g/mol. The van der Waals surface area contributed by atoms with E-state index >= 15 is 0 Å². The molecule has 76 heavy (non-hydrogen) atoms. The Morgan fingerprint density at radius 3 is 1.32 bits per heavy atom. The normalized spacial score (nSPS) is 12.3. The number of rotatable bonds is 10. The first-order valence-corrected chi connectivity index (χ1v) is 26.3. The van der Waals surface area contributed by atoms with E-state index in [4.69, 9.17) is 0 Å². The number of fused-ring (bicyclic) bond motifs is 6. The Morgan fingerprint density at radius 1 is 0.224 bits per heavy atom. The lowest BCUT2D eigenvalue weighted by molar-refractivity contribution is 0.768. The number of benzene rings is 13. The van der Waals surface area contributed by atoms with Gasteiger partial charge in [-0.2, -0.15) is 0 Å². The lowest BCUT2D eigenvalue weighted by Gasteiger charge is -2.35. The van der Waals surface area contributed by atoms with Crippen molar-refractivity contribution in [3.05, 3.63) is 332 Å². The van der Waals surface area contributed by atoms with Crippen molar-refractivity contribution >= 4 is 38.6 Å². The van der Waals surface area contributed by atoms with Gasteiger partial charge in [-0.1, -0.05) is 279 Å². The Bertz CT molecular complexity index is 4210. The molecule has 0 saturated heterocycles. The Hall–Kier alpha value is -9.82. The van der Waals surface area contributed by atoms with Crippen LogP contribution in [0.5, 0.6) is 0 Å². The van der Waals surface area contributed by atoms with Gasteiger partial charge in [-0.3, -0.25) is 0 Å². The van der Waals surface area contributed by atoms with Gasteiger partial charge in [0.25, 0.3) is 0 Å². The minimum absolute atomic E-state index is 0.576. The lowest BCUT2D eigenvalue weighted by atomic mass is 9.68. The Labute approximate surface area is 444 Å². The molecule has 0 spiro atoms. The molecule has 0 bridgehead atoms. The fourth-order valence-electron chi connectivity index (χ4n) is 12.5. The van der Waals surface area contributed by atoms with Crippen molar-refractivity contribution in [3.8, 4) is 66.8 Å². The van der Waals surface area contributed by atoms with E-state index < -0.39 is 5.41 Å². The summed E-state index contributed by atoms with van der Waals surface area (Å²) in [5.41, 5.74) is 22.0. The largest absolute Gasteiger partial charge is 0.309 e. The molecule has 356 valence electrons. The van der Waals surface area contributed by atoms with Crippen molar-refractivity contribution in [1.82, 2.24) is 0 Å². The average Bonchev–Trinajstić information content (AvgIpc) is 3.91. The van der Waals surface area contributed by atoms with Crippen molar-refractivity contribution in [2.24, 2.45) is 0 Å². The molecule has 1 aliphatic carbocycles. The standard InChI is InChI=1S/C75H51N/c1-7-26-52(27-8-1)60-49-47-59(51-66(60)53-28-9-2-10-29-53)76(71-45-25-43-69-74(71)65-41-21-23-42-68(65)75(69,57-34-15-5-16-35-57)58-36-17-6-18-37-58)70-44-24-22-38-61(70)56-46-48-63-62-39-19-20-40-64(62)72(54-30-11-3-12-31-54)73(67(63)50-56)55-32-13-4-14-33-55/h1-51H. The van der Waals surface area contributed by atoms with Gasteiger partial charge in [-0.05, 0) is 130 Å². The van der Waals surface area contributed by atoms with Crippen LogP contribution in [-0.4, -0.2) is 0 Å². The van der Waals surface area contributed by atoms with Crippen LogP contribution in [0.3, 0.4) is 0 Å². The first-order chi connectivity index (χ1) is 37.8. The molecule has 0 aromatic heterocycles. The minimum atomic E-state index is -0.576. The van der Waals surface area contributed by atoms with Gasteiger partial charge in [0.15, 0.2) is 0 Å². The fraction of sp³-hybridized carbons (Fsp3) is 0.0133. The zero-order valence-electron chi connectivity index (χ0n) is 41.9. The number of hydrogen-bond donors (Lipinski definition) is 0. The van der Waals surface area contributed by atoms with Crippen LogP contribution in [0.4, 0.5) is 17.1 Å². The van der Waals surface area contributed by atoms with Crippen LogP contribution in [0, 0.1) is 0 Å². The Balaban J connectivity index is 1.08. The summed E-state index contributed by atoms with van der Waals surface area (Å²) in [6.45, 7) is 0. The summed E-state index contributed by atoms with van der Waals surface area (Å²) >= 11 is 0. The second-order valence-electron chi connectivity index (χ2n) is 19.8. The first-order valence-electron chi connectivity index (χ1n) is 26.3. The average molecular weight is 966 g/mol. The van der Waals surface area contributed by atoms with E-state index in [1.807, 2.05) is 0 Å². The van der Waals surface area contributed by atoms with Gasteiger partial charge < -0.3 is 4.90 Å². The maximum absolute atomic E-state index is 2.55. The second kappa shape index (κ2) is 18.9. The van der Waals surface area contributed by atoms with Crippen LogP contribution in [0.25, 0.3) is 88.3 Å². The van der Waals surface area contributed by atoms with Crippen LogP contribution in [0.2, 0.25) is 0 Å². The molecule has 0 radical (unpaired) electrons. The van der Waals surface area contributed by atoms with Crippen LogP contribution in [-0.2, 0) is 5.41 Å². The molecule has 0 saturated carbocycles. The lowest BCUT2D eigenvalue weighted by Crippen LogP contribution is -2.28. The molecule has 1 heteroatoms. The van der Waals surface area contributed by atoms with Gasteiger partial charge in [-0.15, -0.1) is 0 Å². The predicted molar refractivity (Wildman–Crippen MR) is 321 cm³/mol. The van der Waals surface area contributed by atoms with Crippen LogP contribution in [0.1, 0.15) is 22.3 Å². The minimum Gasteiger partial charge on any atom is -0.309 e. The second-order valence-corrected chi connectivity index (χ2v) is 19.8. The Morgan fingerprint density at radius 2 is 0.684 bits per heavy atom. The van der Waals surface area contributed by atoms with E-state index in [0.717, 1.165) is 33.8 Å². The third-order valence-corrected chi connectivity index (χ3v) is 15.7. The van der Waals surface area contributed by atoms with Crippen molar-refractivity contribution in [3.63, 3.8) is 0 Å². The number of hydrogen-bond acceptors (Lipinski definition) is 1. The predicted octanol–water partition coefficient (Wildman–Crippen LogP) is 20.2. The highest BCUT2D eigenvalue weighted by Gasteiger charge is 2.47. The van der Waals surface area contributed by atoms with Crippen LogP contribution < -0.4 is 4.90 Å². The smallest absolute Gasteiger partial charge is 0.0714 e. The van der Waals surface area contributed by atoms with Gasteiger partial charge >= 0.3 is 0 Å². The zero-order valence-corrected chi connectivity index (χ0v) is 41.9. The Kier molecular flexibility index (Phi) is 11.2. The molecule has 0 aliphatic heterocycles. The summed E-state index contributed by atoms with van der Waals surface area (Å²) in [7, 11) is 0. The van der Waals surface area contributed by atoms with Gasteiger partial charge in [0.2, 0.25) is 0 Å². The van der Waals surface area contributed by atoms with Gasteiger partial charge in [0.05, 0.1) is 16.8 Å². The third kappa shape index (κ3) is 7.31. The van der Waals surface area contributed by atoms with Crippen LogP contribution >= 0.6 is 0 Å². The van der Waals surface area contributed by atoms with E-state index in [1.165, 1.54) is 93.9 Å². The number of para-hydroxylation sites is 1. The molecular formula is C75H51N. The van der Waals surface area contributed by atoms with E-state index in [2.05, 4.69) is 314 Å². The summed E-state index contributed by atoms with van der Waals surface area (Å²) in [6, 6.07) is 114. The quantitative estimate of drug-likeness (QED) is 0.123. The fourth-order valence-corrected chi connectivity index (χ4v) is 12.5. The summed E-state index contributed by atoms with van der Waals surface area (Å²) in [4.78, 5) is 2.55. The molecule has 0 amide bonds. The summed E-state index contributed by atoms with van der Waals surface area (Å²) in [5.74, 6) is 0. The molecule has 0 heterocycles. The zero-order chi connectivity index (χ0) is 50.4. The molecule has 0 atom stereocenters. The highest BCUT2D eigenvalue weighted by Crippen LogP contribution is 2.60. The monoisotopic (exact) mass is 965 g/mol. The topological polar surface area (TPSA) is 3.24 Å². The molecule has 1 aliphatic rings. The van der Waals surface area contributed by atoms with Crippen molar-refractivity contribution in [2.45, 2.75) is 5.41 Å². The summed E-state index contributed by atoms with van der Waals surface area (Å²) < 4.78 is 0. The molecule has 13 aromatic rings. The summed E-state index contributed by atoms with van der Waals surface area (Å²) in [6.07, 6.45) is 0. The van der Waals surface area contributed by atoms with Crippen molar-refractivity contribution in [2.75, 3.05) is 4.90 Å². The van der Waals surface area contributed by atoms with Gasteiger partial charge in [0, 0.05) is 16.8 Å². The van der Waals surface area contributed by atoms with Crippen LogP contribution in [0.15, 0.2) is 309 Å². The molecule has 1 nitrogen and oxygen atoms in total. The molecule has 0 N–H and O–H groups in total. The van der Waals surface area contributed by atoms with Crippen molar-refractivity contribution in [1.29, 1.82) is 0 Å². The van der Waals surface area contributed by atoms with Crippen molar-refractivity contribution < 1.29 is 0 Å². The SMILES string of the molecule is c1ccc(-c2ccc(N(c3ccccc3-c3ccc4c(c3)c(-c3ccccc3)c(-c3ccccc3)c3ccccc34)c3cccc4c3-c3ccccc3C4(c3ccccc3)c3ccccc3)cc2-c2ccccc2)cc1. The molecule has 14 rings (SSSR count). The van der Waals surface area contributed by atoms with E-state index in [0.29, 0.717) is 0 Å². The highest BCUT2D eigenvalue weighted by atomic mass is 15.1. The number of nitrogens with zero attached hydrogens (tertiary/aromatic N) is 1. The molecule has 0 unspecified atom stereocenters. The van der Waals surface area contributed by atoms with E-state index in [1.54, 1.807) is 0 Å². The molecule has 13 aromatic carbocycles. The van der Waals surface area contributed by atoms with E-state index in [-0.39, 0.29) is 0 Å². The third-order valence-electron chi connectivity index (χ3n) is 15.7. The first kappa shape index (κ1) is 44.8. The molecule has 0 fully saturated rings. The maximum Gasteiger partial charge on any atom is 0.0714 e. The van der Waals surface area contributed by atoms with Gasteiger partial charge in [0.1, 0.15) is 0 Å². The summed E-state index contributed by atoms with van der Waals surface area (Å²) in [5, 5.41) is 4.93. The number of anilines is 3. The van der Waals surface area contributed by atoms with E-state index in [9.17, 15) is 0 Å². The maximum atomic E-state index is 2.55. The van der Waals surface area contributed by atoms with Gasteiger partial charge in [-0.25, -0.2) is 0 Å². The highest BCUT2D eigenvalue weighted by molar-refractivity contribution is 6.22.